The molecule has 0 saturated carbocycles. The summed E-state index contributed by atoms with van der Waals surface area (Å²) in [6.45, 7) is 11.6. The molecule has 2 heterocycles. The van der Waals surface area contributed by atoms with E-state index in [2.05, 4.69) is 29.0 Å². The first-order chi connectivity index (χ1) is 14.9. The van der Waals surface area contributed by atoms with Crippen molar-refractivity contribution >= 4 is 23.4 Å². The minimum Gasteiger partial charge on any atom is -0.374 e. The molecule has 3 rings (SSSR count). The van der Waals surface area contributed by atoms with Gasteiger partial charge in [0, 0.05) is 52.4 Å². The fourth-order valence-electron chi connectivity index (χ4n) is 4.21. The van der Waals surface area contributed by atoms with Crippen LogP contribution in [-0.2, 0) is 9.53 Å². The van der Waals surface area contributed by atoms with Gasteiger partial charge >= 0.3 is 0 Å². The highest BCUT2D eigenvalue weighted by atomic mass is 35.5. The minimum absolute atomic E-state index is 0.00969. The van der Waals surface area contributed by atoms with Gasteiger partial charge in [0.25, 0.3) is 5.91 Å². The molecule has 172 valence electrons. The van der Waals surface area contributed by atoms with E-state index in [-0.39, 0.29) is 17.9 Å². The van der Waals surface area contributed by atoms with Gasteiger partial charge in [-0.15, -0.1) is 0 Å². The predicted molar refractivity (Wildman–Crippen MR) is 122 cm³/mol. The lowest BCUT2D eigenvalue weighted by Gasteiger charge is -2.34. The number of nitrogens with one attached hydrogen (secondary N) is 1. The summed E-state index contributed by atoms with van der Waals surface area (Å²) in [5, 5.41) is 3.51. The van der Waals surface area contributed by atoms with Crippen LogP contribution in [0.4, 0.5) is 0 Å². The van der Waals surface area contributed by atoms with E-state index in [1.54, 1.807) is 12.1 Å². The third-order valence-electron chi connectivity index (χ3n) is 5.72. The molecular weight excluding hydrogens is 416 g/mol. The Balaban J connectivity index is 1.41. The zero-order chi connectivity index (χ0) is 22.2. The van der Waals surface area contributed by atoms with Gasteiger partial charge in [-0.25, -0.2) is 0 Å². The van der Waals surface area contributed by atoms with Crippen molar-refractivity contribution in [1.29, 1.82) is 0 Å². The van der Waals surface area contributed by atoms with Crippen molar-refractivity contribution < 1.29 is 14.3 Å². The number of carbonyl (C=O) groups is 2. The summed E-state index contributed by atoms with van der Waals surface area (Å²) in [6.07, 6.45) is 0.878. The molecule has 1 N–H and O–H groups in total. The van der Waals surface area contributed by atoms with Crippen molar-refractivity contribution in [1.82, 2.24) is 20.0 Å². The summed E-state index contributed by atoms with van der Waals surface area (Å²) in [7, 11) is 0. The molecule has 31 heavy (non-hydrogen) atoms. The third kappa shape index (κ3) is 7.45. The van der Waals surface area contributed by atoms with Crippen molar-refractivity contribution in [2.45, 2.75) is 26.4 Å². The number of halogens is 1. The van der Waals surface area contributed by atoms with Crippen molar-refractivity contribution in [3.8, 4) is 0 Å². The van der Waals surface area contributed by atoms with Crippen LogP contribution < -0.4 is 5.32 Å². The molecule has 2 aliphatic rings. The molecule has 0 radical (unpaired) electrons. The maximum Gasteiger partial charge on any atom is 0.255 e. The van der Waals surface area contributed by atoms with Crippen molar-refractivity contribution in [3.05, 3.63) is 34.9 Å². The van der Waals surface area contributed by atoms with Crippen LogP contribution in [0.15, 0.2) is 24.3 Å². The van der Waals surface area contributed by atoms with Gasteiger partial charge in [-0.05, 0) is 24.5 Å². The molecule has 0 bridgehead atoms. The van der Waals surface area contributed by atoms with E-state index in [1.807, 2.05) is 17.0 Å². The minimum atomic E-state index is -0.0442. The average Bonchev–Trinajstić information content (AvgIpc) is 2.97. The van der Waals surface area contributed by atoms with Crippen molar-refractivity contribution in [2.24, 2.45) is 5.92 Å². The van der Waals surface area contributed by atoms with Crippen LogP contribution in [-0.4, -0.2) is 98.1 Å². The number of benzene rings is 1. The number of ether oxygens (including phenoxy) is 1. The van der Waals surface area contributed by atoms with Gasteiger partial charge in [0.1, 0.15) is 0 Å². The molecule has 0 aromatic heterocycles. The smallest absolute Gasteiger partial charge is 0.255 e. The number of amides is 2. The Kier molecular flexibility index (Phi) is 9.14. The quantitative estimate of drug-likeness (QED) is 0.688. The highest BCUT2D eigenvalue weighted by Crippen LogP contribution is 2.18. The van der Waals surface area contributed by atoms with Gasteiger partial charge in [0.15, 0.2) is 0 Å². The van der Waals surface area contributed by atoms with Crippen molar-refractivity contribution in [3.63, 3.8) is 0 Å². The van der Waals surface area contributed by atoms with Crippen LogP contribution in [0.2, 0.25) is 5.02 Å². The van der Waals surface area contributed by atoms with Crippen LogP contribution in [0.25, 0.3) is 0 Å². The number of hydrogen-bond donors (Lipinski definition) is 1. The molecule has 2 fully saturated rings. The fourth-order valence-corrected chi connectivity index (χ4v) is 4.43. The molecule has 1 aromatic carbocycles. The Hall–Kier alpha value is -1.67. The van der Waals surface area contributed by atoms with Crippen LogP contribution >= 0.6 is 11.6 Å². The first kappa shape index (κ1) is 24.0. The van der Waals surface area contributed by atoms with Crippen LogP contribution in [0.1, 0.15) is 30.6 Å². The average molecular weight is 451 g/mol. The topological polar surface area (TPSA) is 65.1 Å². The van der Waals surface area contributed by atoms with Crippen molar-refractivity contribution in [2.75, 3.05) is 65.5 Å². The monoisotopic (exact) mass is 450 g/mol. The van der Waals surface area contributed by atoms with E-state index in [0.29, 0.717) is 55.8 Å². The second-order valence-electron chi connectivity index (χ2n) is 8.85. The SMILES string of the molecule is CC(C)CN1CCOC(CNC(=O)CN2CCCN(C(=O)c3ccccc3Cl)CC2)C1. The molecule has 8 heteroatoms. The van der Waals surface area contributed by atoms with E-state index in [1.165, 1.54) is 0 Å². The summed E-state index contributed by atoms with van der Waals surface area (Å²) in [5.41, 5.74) is 0.536. The number of morpholine rings is 1. The summed E-state index contributed by atoms with van der Waals surface area (Å²) in [5.74, 6) is 0.591. The largest absolute Gasteiger partial charge is 0.374 e. The van der Waals surface area contributed by atoms with Gasteiger partial charge in [0.2, 0.25) is 5.91 Å². The highest BCUT2D eigenvalue weighted by molar-refractivity contribution is 6.33. The van der Waals surface area contributed by atoms with Gasteiger partial charge in [0.05, 0.1) is 29.8 Å². The van der Waals surface area contributed by atoms with E-state index < -0.39 is 0 Å². The summed E-state index contributed by atoms with van der Waals surface area (Å²) in [6, 6.07) is 7.14. The molecule has 2 aliphatic heterocycles. The summed E-state index contributed by atoms with van der Waals surface area (Å²) >= 11 is 6.18. The fraction of sp³-hybridized carbons (Fsp3) is 0.652. The van der Waals surface area contributed by atoms with E-state index in [0.717, 1.165) is 32.6 Å². The molecule has 1 aromatic rings. The molecule has 1 unspecified atom stereocenters. The molecule has 2 saturated heterocycles. The Morgan fingerprint density at radius 2 is 1.94 bits per heavy atom. The zero-order valence-corrected chi connectivity index (χ0v) is 19.4. The molecule has 0 aliphatic carbocycles. The van der Waals surface area contributed by atoms with Gasteiger partial charge in [-0.2, -0.15) is 0 Å². The first-order valence-corrected chi connectivity index (χ1v) is 11.7. The number of hydrogen-bond acceptors (Lipinski definition) is 5. The Morgan fingerprint density at radius 1 is 1.13 bits per heavy atom. The summed E-state index contributed by atoms with van der Waals surface area (Å²) in [4.78, 5) is 31.6. The number of nitrogens with zero attached hydrogens (tertiary/aromatic N) is 3. The van der Waals surface area contributed by atoms with Gasteiger partial charge < -0.3 is 15.0 Å². The van der Waals surface area contributed by atoms with E-state index in [9.17, 15) is 9.59 Å². The zero-order valence-electron chi connectivity index (χ0n) is 18.7. The van der Waals surface area contributed by atoms with Crippen LogP contribution in [0.3, 0.4) is 0 Å². The predicted octanol–water partition coefficient (Wildman–Crippen LogP) is 1.96. The number of carbonyl (C=O) groups excluding carboxylic acids is 2. The molecule has 7 nitrogen and oxygen atoms in total. The lowest BCUT2D eigenvalue weighted by molar-refractivity contribution is -0.123. The lowest BCUT2D eigenvalue weighted by Crippen LogP contribution is -2.49. The maximum atomic E-state index is 12.8. The Morgan fingerprint density at radius 3 is 2.71 bits per heavy atom. The normalized spacial score (nSPS) is 21.2. The standard InChI is InChI=1S/C23H35ClN4O3/c1-18(2)15-27-12-13-31-19(16-27)14-25-22(29)17-26-8-5-9-28(11-10-26)23(30)20-6-3-4-7-21(20)24/h3-4,6-7,18-19H,5,8-17H2,1-2H3,(H,25,29). The Labute approximate surface area is 190 Å². The van der Waals surface area contributed by atoms with E-state index in [4.69, 9.17) is 16.3 Å². The summed E-state index contributed by atoms with van der Waals surface area (Å²) < 4.78 is 5.82. The third-order valence-corrected chi connectivity index (χ3v) is 6.05. The second kappa shape index (κ2) is 11.8. The molecule has 1 atom stereocenters. The lowest BCUT2D eigenvalue weighted by atomic mass is 10.2. The Bertz CT molecular complexity index is 745. The first-order valence-electron chi connectivity index (χ1n) is 11.3. The highest BCUT2D eigenvalue weighted by Gasteiger charge is 2.24. The van der Waals surface area contributed by atoms with E-state index >= 15 is 0 Å². The number of rotatable bonds is 7. The molecular formula is C23H35ClN4O3. The maximum absolute atomic E-state index is 12.8. The van der Waals surface area contributed by atoms with Gasteiger partial charge in [-0.3, -0.25) is 19.4 Å². The molecule has 2 amide bonds. The van der Waals surface area contributed by atoms with Crippen LogP contribution in [0.5, 0.6) is 0 Å². The molecule has 0 spiro atoms. The van der Waals surface area contributed by atoms with Gasteiger partial charge in [-0.1, -0.05) is 37.6 Å². The second-order valence-corrected chi connectivity index (χ2v) is 9.26. The van der Waals surface area contributed by atoms with Crippen LogP contribution in [0, 0.1) is 5.92 Å².